The molecule has 0 bridgehead atoms. The minimum absolute atomic E-state index is 0.0227. The SMILES string of the molecule is O=C(CN1CCN(CC(=O)Nc2ccccc2C(F)(F)F)CC1)Nc1ccon1. The summed E-state index contributed by atoms with van der Waals surface area (Å²) in [6, 6.07) is 6.40. The molecule has 2 amide bonds. The highest BCUT2D eigenvalue weighted by Gasteiger charge is 2.33. The summed E-state index contributed by atoms with van der Waals surface area (Å²) >= 11 is 0. The topological polar surface area (TPSA) is 90.7 Å². The number of aromatic nitrogens is 1. The van der Waals surface area contributed by atoms with E-state index in [9.17, 15) is 22.8 Å². The molecule has 8 nitrogen and oxygen atoms in total. The van der Waals surface area contributed by atoms with E-state index in [1.807, 2.05) is 9.80 Å². The van der Waals surface area contributed by atoms with Crippen LogP contribution in [0.4, 0.5) is 24.7 Å². The van der Waals surface area contributed by atoms with E-state index in [-0.39, 0.29) is 24.7 Å². The number of rotatable bonds is 6. The quantitative estimate of drug-likeness (QED) is 0.755. The Kier molecular flexibility index (Phi) is 6.49. The fourth-order valence-corrected chi connectivity index (χ4v) is 3.00. The molecule has 1 aromatic heterocycles. The third-order valence-corrected chi connectivity index (χ3v) is 4.41. The number of hydrogen-bond donors (Lipinski definition) is 2. The third kappa shape index (κ3) is 6.03. The molecule has 2 N–H and O–H groups in total. The minimum atomic E-state index is -4.54. The minimum Gasteiger partial charge on any atom is -0.363 e. The Morgan fingerprint density at radius 1 is 0.966 bits per heavy atom. The van der Waals surface area contributed by atoms with E-state index in [0.29, 0.717) is 32.0 Å². The first-order valence-electron chi connectivity index (χ1n) is 8.92. The molecule has 29 heavy (non-hydrogen) atoms. The first kappa shape index (κ1) is 20.8. The number of benzene rings is 1. The Balaban J connectivity index is 1.44. The Morgan fingerprint density at radius 3 is 2.10 bits per heavy atom. The van der Waals surface area contributed by atoms with Gasteiger partial charge in [-0.3, -0.25) is 19.4 Å². The Morgan fingerprint density at radius 2 is 1.55 bits per heavy atom. The van der Waals surface area contributed by atoms with Crippen molar-refractivity contribution in [3.8, 4) is 0 Å². The summed E-state index contributed by atoms with van der Waals surface area (Å²) in [5.74, 6) is -0.405. The van der Waals surface area contributed by atoms with Crippen LogP contribution in [0.3, 0.4) is 0 Å². The lowest BCUT2D eigenvalue weighted by molar-refractivity contribution is -0.137. The number of hydrogen-bond acceptors (Lipinski definition) is 6. The van der Waals surface area contributed by atoms with Crippen molar-refractivity contribution in [3.63, 3.8) is 0 Å². The van der Waals surface area contributed by atoms with E-state index in [0.717, 1.165) is 6.07 Å². The lowest BCUT2D eigenvalue weighted by Gasteiger charge is -2.33. The lowest BCUT2D eigenvalue weighted by atomic mass is 10.1. The van der Waals surface area contributed by atoms with E-state index >= 15 is 0 Å². The van der Waals surface area contributed by atoms with Crippen molar-refractivity contribution in [2.24, 2.45) is 0 Å². The fraction of sp³-hybridized carbons (Fsp3) is 0.389. The summed E-state index contributed by atoms with van der Waals surface area (Å²) in [7, 11) is 0. The van der Waals surface area contributed by atoms with E-state index in [2.05, 4.69) is 20.3 Å². The van der Waals surface area contributed by atoms with Gasteiger partial charge in [0.15, 0.2) is 5.82 Å². The van der Waals surface area contributed by atoms with Crippen LogP contribution in [0, 0.1) is 0 Å². The van der Waals surface area contributed by atoms with E-state index in [4.69, 9.17) is 0 Å². The van der Waals surface area contributed by atoms with Gasteiger partial charge >= 0.3 is 6.18 Å². The number of anilines is 2. The van der Waals surface area contributed by atoms with Gasteiger partial charge in [-0.1, -0.05) is 17.3 Å². The van der Waals surface area contributed by atoms with Gasteiger partial charge in [0.25, 0.3) is 0 Å². The van der Waals surface area contributed by atoms with Gasteiger partial charge < -0.3 is 15.2 Å². The van der Waals surface area contributed by atoms with Gasteiger partial charge in [0.1, 0.15) is 6.26 Å². The molecule has 2 aromatic rings. The maximum atomic E-state index is 13.0. The third-order valence-electron chi connectivity index (χ3n) is 4.41. The molecule has 1 fully saturated rings. The van der Waals surface area contributed by atoms with Crippen LogP contribution < -0.4 is 10.6 Å². The van der Waals surface area contributed by atoms with Crippen molar-refractivity contribution < 1.29 is 27.3 Å². The zero-order valence-corrected chi connectivity index (χ0v) is 15.4. The number of carbonyl (C=O) groups is 2. The van der Waals surface area contributed by atoms with Crippen LogP contribution in [-0.4, -0.2) is 66.0 Å². The van der Waals surface area contributed by atoms with Crippen LogP contribution in [-0.2, 0) is 15.8 Å². The normalized spacial score (nSPS) is 15.8. The zero-order valence-electron chi connectivity index (χ0n) is 15.4. The van der Waals surface area contributed by atoms with E-state index in [1.54, 1.807) is 0 Å². The molecule has 1 aromatic carbocycles. The highest BCUT2D eigenvalue weighted by molar-refractivity contribution is 5.93. The summed E-state index contributed by atoms with van der Waals surface area (Å²) in [6.07, 6.45) is -3.19. The van der Waals surface area contributed by atoms with Gasteiger partial charge in [0.2, 0.25) is 11.8 Å². The number of nitrogens with one attached hydrogen (secondary N) is 2. The van der Waals surface area contributed by atoms with Crippen LogP contribution in [0.1, 0.15) is 5.56 Å². The smallest absolute Gasteiger partial charge is 0.363 e. The maximum absolute atomic E-state index is 13.0. The van der Waals surface area contributed by atoms with Gasteiger partial charge in [0.05, 0.1) is 24.3 Å². The summed E-state index contributed by atoms with van der Waals surface area (Å²) in [4.78, 5) is 27.9. The molecular formula is C18H20F3N5O3. The number of amides is 2. The van der Waals surface area contributed by atoms with Crippen LogP contribution in [0.15, 0.2) is 41.1 Å². The molecule has 0 spiro atoms. The van der Waals surface area contributed by atoms with Crippen LogP contribution in [0.5, 0.6) is 0 Å². The molecular weight excluding hydrogens is 391 g/mol. The molecule has 156 valence electrons. The average Bonchev–Trinajstić information content (AvgIpc) is 3.15. The van der Waals surface area contributed by atoms with Crippen LogP contribution in [0.2, 0.25) is 0 Å². The maximum Gasteiger partial charge on any atom is 0.418 e. The van der Waals surface area contributed by atoms with Gasteiger partial charge in [-0.05, 0) is 12.1 Å². The average molecular weight is 411 g/mol. The van der Waals surface area contributed by atoms with Crippen molar-refractivity contribution in [2.75, 3.05) is 49.9 Å². The Labute approximate surface area is 164 Å². The summed E-state index contributed by atoms with van der Waals surface area (Å²) in [6.45, 7) is 2.30. The van der Waals surface area contributed by atoms with Gasteiger partial charge in [0, 0.05) is 32.2 Å². The summed E-state index contributed by atoms with van der Waals surface area (Å²) < 4.78 is 43.7. The zero-order chi connectivity index (χ0) is 20.9. The number of carbonyl (C=O) groups excluding carboxylic acids is 2. The molecule has 2 heterocycles. The van der Waals surface area contributed by atoms with Gasteiger partial charge in [-0.25, -0.2) is 0 Å². The first-order valence-corrected chi connectivity index (χ1v) is 8.92. The number of para-hydroxylation sites is 1. The summed E-state index contributed by atoms with van der Waals surface area (Å²) in [5.41, 5.74) is -1.13. The number of piperazine rings is 1. The second kappa shape index (κ2) is 9.05. The second-order valence-corrected chi connectivity index (χ2v) is 6.58. The van der Waals surface area contributed by atoms with Crippen LogP contribution >= 0.6 is 0 Å². The monoisotopic (exact) mass is 411 g/mol. The molecule has 11 heteroatoms. The Bertz CT molecular complexity index is 834. The highest BCUT2D eigenvalue weighted by Crippen LogP contribution is 2.34. The highest BCUT2D eigenvalue weighted by atomic mass is 19.4. The van der Waals surface area contributed by atoms with Gasteiger partial charge in [-0.15, -0.1) is 0 Å². The molecule has 3 rings (SSSR count). The summed E-state index contributed by atoms with van der Waals surface area (Å²) in [5, 5.41) is 8.54. The molecule has 0 aliphatic carbocycles. The number of alkyl halides is 3. The van der Waals surface area contributed by atoms with Gasteiger partial charge in [-0.2, -0.15) is 13.2 Å². The number of halogens is 3. The fourth-order valence-electron chi connectivity index (χ4n) is 3.00. The molecule has 0 saturated carbocycles. The largest absolute Gasteiger partial charge is 0.418 e. The van der Waals surface area contributed by atoms with Crippen molar-refractivity contribution in [1.82, 2.24) is 15.0 Å². The number of nitrogens with zero attached hydrogens (tertiary/aromatic N) is 3. The molecule has 1 aliphatic heterocycles. The predicted octanol–water partition coefficient (Wildman–Crippen LogP) is 1.89. The molecule has 0 radical (unpaired) electrons. The molecule has 0 unspecified atom stereocenters. The van der Waals surface area contributed by atoms with E-state index < -0.39 is 17.6 Å². The molecule has 1 saturated heterocycles. The van der Waals surface area contributed by atoms with Crippen molar-refractivity contribution >= 4 is 23.3 Å². The van der Waals surface area contributed by atoms with Crippen molar-refractivity contribution in [3.05, 3.63) is 42.2 Å². The van der Waals surface area contributed by atoms with Crippen molar-refractivity contribution in [1.29, 1.82) is 0 Å². The lowest BCUT2D eigenvalue weighted by Crippen LogP contribution is -2.50. The Hall–Kier alpha value is -2.92. The molecule has 0 atom stereocenters. The standard InChI is InChI=1S/C18H20F3N5O3/c19-18(20,21)13-3-1-2-4-14(13)22-16(27)11-25-6-8-26(9-7-25)12-17(28)23-15-5-10-29-24-15/h1-5,10H,6-9,11-12H2,(H,22,27)(H,23,24,28). The van der Waals surface area contributed by atoms with E-state index in [1.165, 1.54) is 30.5 Å². The first-order chi connectivity index (χ1) is 13.8. The second-order valence-electron chi connectivity index (χ2n) is 6.58. The predicted molar refractivity (Wildman–Crippen MR) is 98.1 cm³/mol. The van der Waals surface area contributed by atoms with Crippen molar-refractivity contribution in [2.45, 2.75) is 6.18 Å². The van der Waals surface area contributed by atoms with Crippen LogP contribution in [0.25, 0.3) is 0 Å². The molecule has 1 aliphatic rings.